The lowest BCUT2D eigenvalue weighted by atomic mass is 10.2. The van der Waals surface area contributed by atoms with Gasteiger partial charge in [-0.2, -0.15) is 0 Å². The van der Waals surface area contributed by atoms with Crippen molar-refractivity contribution in [1.82, 2.24) is 9.88 Å². The minimum Gasteiger partial charge on any atom is -0.444 e. The summed E-state index contributed by atoms with van der Waals surface area (Å²) >= 11 is 3.52. The summed E-state index contributed by atoms with van der Waals surface area (Å²) in [5, 5.41) is 4.24. The van der Waals surface area contributed by atoms with Crippen LogP contribution in [0.25, 0.3) is 10.9 Å². The molecule has 1 aliphatic carbocycles. The van der Waals surface area contributed by atoms with E-state index in [-0.39, 0.29) is 12.1 Å². The Balaban J connectivity index is 1.66. The van der Waals surface area contributed by atoms with E-state index in [1.807, 2.05) is 20.8 Å². The molecule has 0 spiro atoms. The van der Waals surface area contributed by atoms with Gasteiger partial charge in [0.1, 0.15) is 5.60 Å². The third-order valence-electron chi connectivity index (χ3n) is 4.20. The highest BCUT2D eigenvalue weighted by Crippen LogP contribution is 2.34. The number of hydrogen-bond donors (Lipinski definition) is 1. The monoisotopic (exact) mass is 378 g/mol. The van der Waals surface area contributed by atoms with Gasteiger partial charge in [0.2, 0.25) is 0 Å². The Morgan fingerprint density at radius 3 is 2.83 bits per heavy atom. The predicted molar refractivity (Wildman–Crippen MR) is 95.7 cm³/mol. The number of nitrogens with zero attached hydrogens (tertiary/aromatic N) is 1. The van der Waals surface area contributed by atoms with Crippen LogP contribution in [0.1, 0.15) is 46.1 Å². The number of halogens is 1. The van der Waals surface area contributed by atoms with Crippen molar-refractivity contribution in [2.24, 2.45) is 0 Å². The molecule has 1 N–H and O–H groups in total. The molecule has 124 valence electrons. The van der Waals surface area contributed by atoms with Gasteiger partial charge in [-0.1, -0.05) is 15.9 Å². The average Bonchev–Trinajstić information content (AvgIpc) is 3.02. The summed E-state index contributed by atoms with van der Waals surface area (Å²) in [5.41, 5.74) is 0.794. The molecule has 1 aromatic carbocycles. The lowest BCUT2D eigenvalue weighted by molar-refractivity contribution is 0.0505. The van der Waals surface area contributed by atoms with Crippen LogP contribution in [0.3, 0.4) is 0 Å². The second-order valence-corrected chi connectivity index (χ2v) is 8.15. The Morgan fingerprint density at radius 1 is 1.30 bits per heavy atom. The van der Waals surface area contributed by atoms with E-state index in [0.29, 0.717) is 6.04 Å². The molecule has 0 bridgehead atoms. The second-order valence-electron chi connectivity index (χ2n) is 7.24. The van der Waals surface area contributed by atoms with E-state index >= 15 is 0 Å². The minimum atomic E-state index is -0.452. The zero-order valence-corrected chi connectivity index (χ0v) is 15.4. The molecule has 1 amide bonds. The van der Waals surface area contributed by atoms with Crippen LogP contribution in [0.5, 0.6) is 0 Å². The van der Waals surface area contributed by atoms with Gasteiger partial charge in [0.05, 0.1) is 0 Å². The largest absolute Gasteiger partial charge is 0.444 e. The van der Waals surface area contributed by atoms with E-state index in [0.717, 1.165) is 23.7 Å². The fourth-order valence-electron chi connectivity index (χ4n) is 3.27. The molecule has 2 aromatic rings. The summed E-state index contributed by atoms with van der Waals surface area (Å²) in [6, 6.07) is 9.11. The first-order chi connectivity index (χ1) is 10.8. The number of fused-ring (bicyclic) bond motifs is 1. The predicted octanol–water partition coefficient (Wildman–Crippen LogP) is 5.02. The van der Waals surface area contributed by atoms with Crippen LogP contribution in [0.15, 0.2) is 34.9 Å². The van der Waals surface area contributed by atoms with Crippen LogP contribution in [-0.4, -0.2) is 22.3 Å². The van der Waals surface area contributed by atoms with E-state index in [1.165, 1.54) is 10.9 Å². The maximum Gasteiger partial charge on any atom is 0.407 e. The molecule has 0 unspecified atom stereocenters. The Hall–Kier alpha value is -1.49. The van der Waals surface area contributed by atoms with Crippen molar-refractivity contribution < 1.29 is 9.53 Å². The van der Waals surface area contributed by atoms with Crippen molar-refractivity contribution in [3.05, 3.63) is 34.9 Å². The number of benzene rings is 1. The van der Waals surface area contributed by atoms with E-state index in [9.17, 15) is 4.79 Å². The highest BCUT2D eigenvalue weighted by molar-refractivity contribution is 9.10. The first kappa shape index (κ1) is 16.4. The number of rotatable bonds is 2. The van der Waals surface area contributed by atoms with Gasteiger partial charge >= 0.3 is 6.09 Å². The number of hydrogen-bond acceptors (Lipinski definition) is 2. The first-order valence-electron chi connectivity index (χ1n) is 8.07. The maximum atomic E-state index is 11.9. The van der Waals surface area contributed by atoms with Crippen molar-refractivity contribution in [3.63, 3.8) is 0 Å². The standard InChI is InChI=1S/C18H23BrN2O2/c1-18(2,3)23-17(22)20-14-5-6-15(11-14)21-9-8-12-10-13(19)4-7-16(12)21/h4,7-10,14-15H,5-6,11H2,1-3H3,(H,20,22)/t14-,15-/m0/s1. The fourth-order valence-corrected chi connectivity index (χ4v) is 3.65. The maximum absolute atomic E-state index is 11.9. The molecule has 1 heterocycles. The number of aromatic nitrogens is 1. The molecule has 0 aliphatic heterocycles. The van der Waals surface area contributed by atoms with Crippen LogP contribution < -0.4 is 5.32 Å². The van der Waals surface area contributed by atoms with E-state index in [1.54, 1.807) is 0 Å². The number of nitrogens with one attached hydrogen (secondary N) is 1. The average molecular weight is 379 g/mol. The normalized spacial score (nSPS) is 21.6. The molecule has 1 saturated carbocycles. The highest BCUT2D eigenvalue weighted by Gasteiger charge is 2.29. The molecule has 2 atom stereocenters. The van der Waals surface area contributed by atoms with Crippen molar-refractivity contribution >= 4 is 32.9 Å². The van der Waals surface area contributed by atoms with E-state index in [4.69, 9.17) is 4.74 Å². The minimum absolute atomic E-state index is 0.183. The molecule has 0 radical (unpaired) electrons. The van der Waals surface area contributed by atoms with Gasteiger partial charge in [-0.05, 0) is 64.3 Å². The summed E-state index contributed by atoms with van der Waals surface area (Å²) < 4.78 is 8.77. The van der Waals surface area contributed by atoms with Crippen molar-refractivity contribution in [1.29, 1.82) is 0 Å². The molecular formula is C18H23BrN2O2. The summed E-state index contributed by atoms with van der Waals surface area (Å²) in [7, 11) is 0. The molecule has 0 saturated heterocycles. The van der Waals surface area contributed by atoms with Crippen molar-refractivity contribution in [3.8, 4) is 0 Å². The Labute approximate surface area is 145 Å². The zero-order valence-electron chi connectivity index (χ0n) is 13.8. The summed E-state index contributed by atoms with van der Waals surface area (Å²) in [4.78, 5) is 11.9. The topological polar surface area (TPSA) is 43.3 Å². The third kappa shape index (κ3) is 3.89. The van der Waals surface area contributed by atoms with Gasteiger partial charge in [-0.15, -0.1) is 0 Å². The summed E-state index contributed by atoms with van der Waals surface area (Å²) in [6.45, 7) is 5.65. The number of alkyl carbamates (subject to hydrolysis) is 1. The van der Waals surface area contributed by atoms with Gasteiger partial charge < -0.3 is 14.6 Å². The van der Waals surface area contributed by atoms with Gasteiger partial charge in [-0.3, -0.25) is 0 Å². The van der Waals surface area contributed by atoms with Crippen LogP contribution in [-0.2, 0) is 4.74 Å². The van der Waals surface area contributed by atoms with Gasteiger partial charge in [0.25, 0.3) is 0 Å². The highest BCUT2D eigenvalue weighted by atomic mass is 79.9. The van der Waals surface area contributed by atoms with Crippen LogP contribution >= 0.6 is 15.9 Å². The quantitative estimate of drug-likeness (QED) is 0.796. The SMILES string of the molecule is CC(C)(C)OC(=O)N[C@H]1CC[C@H](n2ccc3cc(Br)ccc32)C1. The first-order valence-corrected chi connectivity index (χ1v) is 8.87. The van der Waals surface area contributed by atoms with E-state index < -0.39 is 5.60 Å². The number of amides is 1. The third-order valence-corrected chi connectivity index (χ3v) is 4.69. The molecular weight excluding hydrogens is 356 g/mol. The lowest BCUT2D eigenvalue weighted by Crippen LogP contribution is -2.38. The number of carbonyl (C=O) groups excluding carboxylic acids is 1. The smallest absolute Gasteiger partial charge is 0.407 e. The number of ether oxygens (including phenoxy) is 1. The van der Waals surface area contributed by atoms with Crippen molar-refractivity contribution in [2.75, 3.05) is 0 Å². The Kier molecular flexibility index (Phi) is 4.41. The molecule has 1 aliphatic rings. The summed E-state index contributed by atoms with van der Waals surface area (Å²) in [5.74, 6) is 0. The van der Waals surface area contributed by atoms with Crippen LogP contribution in [0.4, 0.5) is 4.79 Å². The Bertz CT molecular complexity index is 717. The number of carbonyl (C=O) groups is 1. The zero-order chi connectivity index (χ0) is 16.6. The van der Waals surface area contributed by atoms with Crippen molar-refractivity contribution in [2.45, 2.75) is 57.7 Å². The summed E-state index contributed by atoms with van der Waals surface area (Å²) in [6.07, 6.45) is 4.83. The van der Waals surface area contributed by atoms with Crippen LogP contribution in [0, 0.1) is 0 Å². The fraction of sp³-hybridized carbons (Fsp3) is 0.500. The van der Waals surface area contributed by atoms with Gasteiger partial charge in [-0.25, -0.2) is 4.79 Å². The van der Waals surface area contributed by atoms with Gasteiger partial charge in [0.15, 0.2) is 0 Å². The molecule has 1 aromatic heterocycles. The molecule has 4 nitrogen and oxygen atoms in total. The van der Waals surface area contributed by atoms with Gasteiger partial charge in [0, 0.05) is 33.7 Å². The van der Waals surface area contributed by atoms with Crippen LogP contribution in [0.2, 0.25) is 0 Å². The Morgan fingerprint density at radius 2 is 2.09 bits per heavy atom. The lowest BCUT2D eigenvalue weighted by Gasteiger charge is -2.22. The molecule has 23 heavy (non-hydrogen) atoms. The molecule has 1 fully saturated rings. The second kappa shape index (κ2) is 6.19. The molecule has 3 rings (SSSR count). The van der Waals surface area contributed by atoms with E-state index in [2.05, 4.69) is 56.3 Å². The molecule has 5 heteroatoms.